The van der Waals surface area contributed by atoms with Crippen LogP contribution < -0.4 is 11.1 Å². The smallest absolute Gasteiger partial charge is 0.140 e. The van der Waals surface area contributed by atoms with Gasteiger partial charge < -0.3 is 15.8 Å². The molecule has 0 radical (unpaired) electrons. The molecule has 2 heterocycles. The van der Waals surface area contributed by atoms with E-state index in [-0.39, 0.29) is 5.54 Å². The monoisotopic (exact) mass is 299 g/mol. The van der Waals surface area contributed by atoms with Crippen LogP contribution in [0.4, 0.5) is 5.82 Å². The van der Waals surface area contributed by atoms with Gasteiger partial charge in [-0.05, 0) is 47.3 Å². The Morgan fingerprint density at radius 2 is 2.24 bits per heavy atom. The topological polar surface area (TPSA) is 60.2 Å². The van der Waals surface area contributed by atoms with Crippen molar-refractivity contribution in [2.24, 2.45) is 5.73 Å². The average molecular weight is 300 g/mol. The zero-order chi connectivity index (χ0) is 12.3. The first-order chi connectivity index (χ1) is 8.15. The molecule has 1 aliphatic rings. The summed E-state index contributed by atoms with van der Waals surface area (Å²) in [4.78, 5) is 4.41. The van der Waals surface area contributed by atoms with Crippen molar-refractivity contribution in [3.63, 3.8) is 0 Å². The van der Waals surface area contributed by atoms with Crippen molar-refractivity contribution >= 4 is 21.7 Å². The molecule has 0 atom stereocenters. The Kier molecular flexibility index (Phi) is 4.01. The van der Waals surface area contributed by atoms with E-state index >= 15 is 0 Å². The summed E-state index contributed by atoms with van der Waals surface area (Å²) in [6.07, 6.45) is 3.70. The molecule has 0 bridgehead atoms. The van der Waals surface area contributed by atoms with Gasteiger partial charge in [0.1, 0.15) is 5.82 Å². The van der Waals surface area contributed by atoms with Gasteiger partial charge >= 0.3 is 0 Å². The minimum absolute atomic E-state index is 0.0803. The molecule has 1 aromatic heterocycles. The number of pyridine rings is 1. The molecule has 0 aromatic carbocycles. The summed E-state index contributed by atoms with van der Waals surface area (Å²) >= 11 is 3.53. The molecule has 94 valence electrons. The highest BCUT2D eigenvalue weighted by Gasteiger charge is 2.31. The molecule has 1 aliphatic heterocycles. The summed E-state index contributed by atoms with van der Waals surface area (Å²) in [5, 5.41) is 3.48. The summed E-state index contributed by atoms with van der Waals surface area (Å²) in [6.45, 7) is 4.13. The highest BCUT2D eigenvalue weighted by Crippen LogP contribution is 2.28. The van der Waals surface area contributed by atoms with Gasteiger partial charge in [0.2, 0.25) is 0 Å². The predicted molar refractivity (Wildman–Crippen MR) is 72.1 cm³/mol. The van der Waals surface area contributed by atoms with Crippen LogP contribution in [0.3, 0.4) is 0 Å². The van der Waals surface area contributed by atoms with Crippen LogP contribution in [0.1, 0.15) is 18.4 Å². The largest absolute Gasteiger partial charge is 0.381 e. The van der Waals surface area contributed by atoms with Crippen molar-refractivity contribution < 1.29 is 4.74 Å². The second-order valence-electron chi connectivity index (χ2n) is 4.56. The average Bonchev–Trinajstić information content (AvgIpc) is 2.34. The predicted octanol–water partition coefficient (Wildman–Crippen LogP) is 2.07. The Morgan fingerprint density at radius 3 is 2.82 bits per heavy atom. The van der Waals surface area contributed by atoms with Crippen LogP contribution in [0.5, 0.6) is 0 Å². The van der Waals surface area contributed by atoms with Crippen LogP contribution in [0.15, 0.2) is 16.7 Å². The van der Waals surface area contributed by atoms with Crippen LogP contribution in [0.25, 0.3) is 0 Å². The van der Waals surface area contributed by atoms with E-state index in [9.17, 15) is 0 Å². The third-order valence-electron chi connectivity index (χ3n) is 3.20. The van der Waals surface area contributed by atoms with Crippen LogP contribution in [0.2, 0.25) is 0 Å². The van der Waals surface area contributed by atoms with Crippen molar-refractivity contribution in [2.75, 3.05) is 25.1 Å². The van der Waals surface area contributed by atoms with E-state index in [1.165, 1.54) is 0 Å². The first kappa shape index (κ1) is 12.8. The fraction of sp³-hybridized carbons (Fsp3) is 0.583. The normalized spacial score (nSPS) is 19.0. The van der Waals surface area contributed by atoms with E-state index in [0.717, 1.165) is 41.9 Å². The van der Waals surface area contributed by atoms with Crippen LogP contribution in [-0.4, -0.2) is 30.3 Å². The van der Waals surface area contributed by atoms with E-state index in [4.69, 9.17) is 10.5 Å². The molecule has 1 fully saturated rings. The Balaban J connectivity index is 2.17. The lowest BCUT2D eigenvalue weighted by Gasteiger charge is -2.37. The maximum absolute atomic E-state index is 5.90. The summed E-state index contributed by atoms with van der Waals surface area (Å²) in [6, 6.07) is 2.05. The van der Waals surface area contributed by atoms with Gasteiger partial charge in [-0.25, -0.2) is 4.98 Å². The molecular weight excluding hydrogens is 282 g/mol. The molecule has 4 nitrogen and oxygen atoms in total. The van der Waals surface area contributed by atoms with Crippen LogP contribution in [-0.2, 0) is 4.74 Å². The van der Waals surface area contributed by atoms with Crippen LogP contribution in [0, 0.1) is 6.92 Å². The number of hydrogen-bond acceptors (Lipinski definition) is 4. The molecule has 0 unspecified atom stereocenters. The number of nitrogens with two attached hydrogens (primary N) is 1. The van der Waals surface area contributed by atoms with E-state index in [1.807, 2.05) is 13.1 Å². The number of aryl methyl sites for hydroxylation is 1. The summed E-state index contributed by atoms with van der Waals surface area (Å²) in [5.41, 5.74) is 6.96. The SMILES string of the molecule is Cc1cnc(NC2(CN)CCOCC2)c(Br)c1. The summed E-state index contributed by atoms with van der Waals surface area (Å²) in [7, 11) is 0. The molecule has 2 rings (SSSR count). The van der Waals surface area contributed by atoms with E-state index in [2.05, 4.69) is 32.3 Å². The number of aromatic nitrogens is 1. The molecule has 1 saturated heterocycles. The van der Waals surface area contributed by atoms with Gasteiger partial charge in [-0.1, -0.05) is 0 Å². The minimum Gasteiger partial charge on any atom is -0.381 e. The first-order valence-corrected chi connectivity index (χ1v) is 6.63. The fourth-order valence-electron chi connectivity index (χ4n) is 2.02. The van der Waals surface area contributed by atoms with Gasteiger partial charge in [0.25, 0.3) is 0 Å². The lowest BCUT2D eigenvalue weighted by atomic mass is 9.90. The summed E-state index contributed by atoms with van der Waals surface area (Å²) in [5.74, 6) is 0.864. The maximum atomic E-state index is 5.90. The molecule has 17 heavy (non-hydrogen) atoms. The Hall–Kier alpha value is -0.650. The Labute approximate surface area is 110 Å². The number of nitrogens with zero attached hydrogens (tertiary/aromatic N) is 1. The van der Waals surface area contributed by atoms with Crippen molar-refractivity contribution in [3.05, 3.63) is 22.3 Å². The molecule has 5 heteroatoms. The van der Waals surface area contributed by atoms with Crippen LogP contribution >= 0.6 is 15.9 Å². The zero-order valence-electron chi connectivity index (χ0n) is 10.0. The second kappa shape index (κ2) is 5.33. The highest BCUT2D eigenvalue weighted by molar-refractivity contribution is 9.10. The van der Waals surface area contributed by atoms with Crippen molar-refractivity contribution in [3.8, 4) is 0 Å². The van der Waals surface area contributed by atoms with E-state index in [0.29, 0.717) is 6.54 Å². The van der Waals surface area contributed by atoms with Gasteiger partial charge in [-0.2, -0.15) is 0 Å². The third kappa shape index (κ3) is 2.97. The number of anilines is 1. The Morgan fingerprint density at radius 1 is 1.53 bits per heavy atom. The zero-order valence-corrected chi connectivity index (χ0v) is 11.6. The number of nitrogens with one attached hydrogen (secondary N) is 1. The molecule has 0 spiro atoms. The minimum atomic E-state index is -0.0803. The first-order valence-electron chi connectivity index (χ1n) is 5.83. The quantitative estimate of drug-likeness (QED) is 0.897. The van der Waals surface area contributed by atoms with Gasteiger partial charge in [0, 0.05) is 26.0 Å². The lowest BCUT2D eigenvalue weighted by Crippen LogP contribution is -2.49. The van der Waals surface area contributed by atoms with Gasteiger partial charge in [-0.3, -0.25) is 0 Å². The fourth-order valence-corrected chi connectivity index (χ4v) is 2.58. The third-order valence-corrected chi connectivity index (χ3v) is 3.81. The Bertz CT molecular complexity index is 391. The van der Waals surface area contributed by atoms with E-state index in [1.54, 1.807) is 0 Å². The maximum Gasteiger partial charge on any atom is 0.140 e. The molecule has 0 saturated carbocycles. The number of rotatable bonds is 3. The summed E-state index contributed by atoms with van der Waals surface area (Å²) < 4.78 is 6.37. The molecular formula is C12H18BrN3O. The number of hydrogen-bond donors (Lipinski definition) is 2. The molecule has 0 amide bonds. The second-order valence-corrected chi connectivity index (χ2v) is 5.42. The van der Waals surface area contributed by atoms with Crippen molar-refractivity contribution in [1.82, 2.24) is 4.98 Å². The number of ether oxygens (including phenoxy) is 1. The van der Waals surface area contributed by atoms with Gasteiger partial charge in [0.15, 0.2) is 0 Å². The van der Waals surface area contributed by atoms with Crippen molar-refractivity contribution in [1.29, 1.82) is 0 Å². The van der Waals surface area contributed by atoms with E-state index < -0.39 is 0 Å². The highest BCUT2D eigenvalue weighted by atomic mass is 79.9. The molecule has 3 N–H and O–H groups in total. The molecule has 1 aromatic rings. The lowest BCUT2D eigenvalue weighted by molar-refractivity contribution is 0.0626. The van der Waals surface area contributed by atoms with Gasteiger partial charge in [0.05, 0.1) is 10.0 Å². The van der Waals surface area contributed by atoms with Crippen molar-refractivity contribution in [2.45, 2.75) is 25.3 Å². The van der Waals surface area contributed by atoms with Gasteiger partial charge in [-0.15, -0.1) is 0 Å². The molecule has 0 aliphatic carbocycles. The number of halogens is 1. The standard InChI is InChI=1S/C12H18BrN3O/c1-9-6-10(13)11(15-7-9)16-12(8-14)2-4-17-5-3-12/h6-7H,2-5,8,14H2,1H3,(H,15,16).